The Hall–Kier alpha value is -2.72. The SMILES string of the molecule is Cc1occc1C(=O)C(C#N)C(=O)c1ccc(S(C)(=O)=O)cc1. The Bertz CT molecular complexity index is 901. The number of benzene rings is 1. The molecule has 2 aromatic rings. The van der Waals surface area contributed by atoms with Gasteiger partial charge < -0.3 is 4.42 Å². The van der Waals surface area contributed by atoms with Crippen molar-refractivity contribution in [3.05, 3.63) is 53.5 Å². The normalized spacial score (nSPS) is 12.4. The van der Waals surface area contributed by atoms with Crippen molar-refractivity contribution in [2.24, 2.45) is 5.92 Å². The summed E-state index contributed by atoms with van der Waals surface area (Å²) in [4.78, 5) is 24.7. The Balaban J connectivity index is 2.33. The summed E-state index contributed by atoms with van der Waals surface area (Å²) >= 11 is 0. The maximum absolute atomic E-state index is 12.4. The standard InChI is InChI=1S/C16H13NO5S/c1-10-13(7-8-22-10)16(19)14(9-17)15(18)11-3-5-12(6-4-11)23(2,20)21/h3-8,14H,1-2H3. The third-order valence-electron chi connectivity index (χ3n) is 3.34. The molecule has 23 heavy (non-hydrogen) atoms. The van der Waals surface area contributed by atoms with Crippen LogP contribution in [0.2, 0.25) is 0 Å². The van der Waals surface area contributed by atoms with E-state index in [1.807, 2.05) is 0 Å². The van der Waals surface area contributed by atoms with Crippen LogP contribution in [-0.4, -0.2) is 26.2 Å². The number of rotatable bonds is 5. The van der Waals surface area contributed by atoms with Gasteiger partial charge in [0.15, 0.2) is 27.3 Å². The fourth-order valence-electron chi connectivity index (χ4n) is 2.07. The number of aryl methyl sites for hydroxylation is 1. The first-order valence-electron chi connectivity index (χ1n) is 6.58. The molecule has 1 heterocycles. The zero-order valence-corrected chi connectivity index (χ0v) is 13.3. The molecule has 0 aliphatic rings. The minimum Gasteiger partial charge on any atom is -0.469 e. The molecule has 0 amide bonds. The lowest BCUT2D eigenvalue weighted by Gasteiger charge is -2.07. The van der Waals surface area contributed by atoms with Crippen LogP contribution in [0.15, 0.2) is 45.9 Å². The fourth-order valence-corrected chi connectivity index (χ4v) is 2.70. The highest BCUT2D eigenvalue weighted by Crippen LogP contribution is 2.19. The van der Waals surface area contributed by atoms with Crippen molar-refractivity contribution < 1.29 is 22.4 Å². The summed E-state index contributed by atoms with van der Waals surface area (Å²) in [5, 5.41) is 9.18. The number of carbonyl (C=O) groups excluding carboxylic acids is 2. The quantitative estimate of drug-likeness (QED) is 0.614. The molecule has 2 rings (SSSR count). The highest BCUT2D eigenvalue weighted by atomic mass is 32.2. The van der Waals surface area contributed by atoms with E-state index in [-0.39, 0.29) is 16.0 Å². The fraction of sp³-hybridized carbons (Fsp3) is 0.188. The van der Waals surface area contributed by atoms with Crippen LogP contribution in [0.25, 0.3) is 0 Å². The maximum atomic E-state index is 12.4. The van der Waals surface area contributed by atoms with Gasteiger partial charge in [-0.25, -0.2) is 8.42 Å². The molecule has 1 atom stereocenters. The minimum atomic E-state index is -3.38. The van der Waals surface area contributed by atoms with Crippen LogP contribution in [0, 0.1) is 24.2 Å². The Morgan fingerprint density at radius 2 is 1.74 bits per heavy atom. The Labute approximate surface area is 133 Å². The van der Waals surface area contributed by atoms with Gasteiger partial charge in [0.1, 0.15) is 5.76 Å². The molecule has 0 spiro atoms. The van der Waals surface area contributed by atoms with Gasteiger partial charge in [0.25, 0.3) is 0 Å². The lowest BCUT2D eigenvalue weighted by molar-refractivity contribution is 0.0845. The first kappa shape index (κ1) is 16.6. The maximum Gasteiger partial charge on any atom is 0.191 e. The van der Waals surface area contributed by atoms with E-state index < -0.39 is 27.3 Å². The van der Waals surface area contributed by atoms with Gasteiger partial charge in [-0.05, 0) is 25.1 Å². The topological polar surface area (TPSA) is 105 Å². The summed E-state index contributed by atoms with van der Waals surface area (Å²) < 4.78 is 27.8. The summed E-state index contributed by atoms with van der Waals surface area (Å²) in [6.45, 7) is 1.56. The lowest BCUT2D eigenvalue weighted by Crippen LogP contribution is -2.23. The first-order chi connectivity index (χ1) is 10.8. The number of Topliss-reactive ketones (excluding diaryl/α,β-unsaturated/α-hetero) is 2. The molecule has 0 radical (unpaired) electrons. The van der Waals surface area contributed by atoms with Crippen molar-refractivity contribution in [1.82, 2.24) is 0 Å². The van der Waals surface area contributed by atoms with E-state index in [1.54, 1.807) is 13.0 Å². The summed E-state index contributed by atoms with van der Waals surface area (Å²) in [5.74, 6) is -2.50. The molecular formula is C16H13NO5S. The molecule has 1 aromatic heterocycles. The third-order valence-corrected chi connectivity index (χ3v) is 4.47. The number of ketones is 2. The summed E-state index contributed by atoms with van der Waals surface area (Å²) in [7, 11) is -3.38. The molecule has 7 heteroatoms. The molecule has 0 saturated carbocycles. The second-order valence-corrected chi connectivity index (χ2v) is 6.99. The van der Waals surface area contributed by atoms with Crippen molar-refractivity contribution >= 4 is 21.4 Å². The molecule has 0 aliphatic carbocycles. The zero-order chi connectivity index (χ0) is 17.2. The van der Waals surface area contributed by atoms with E-state index in [9.17, 15) is 23.3 Å². The van der Waals surface area contributed by atoms with Crippen LogP contribution in [0.5, 0.6) is 0 Å². The summed E-state index contributed by atoms with van der Waals surface area (Å²) in [6.07, 6.45) is 2.36. The molecule has 6 nitrogen and oxygen atoms in total. The van der Waals surface area contributed by atoms with Crippen LogP contribution in [0.1, 0.15) is 26.5 Å². The van der Waals surface area contributed by atoms with E-state index in [0.717, 1.165) is 6.26 Å². The van der Waals surface area contributed by atoms with Crippen molar-refractivity contribution in [1.29, 1.82) is 5.26 Å². The van der Waals surface area contributed by atoms with Gasteiger partial charge in [-0.1, -0.05) is 12.1 Å². The number of nitriles is 1. The Morgan fingerprint density at radius 3 is 2.17 bits per heavy atom. The minimum absolute atomic E-state index is 0.0552. The van der Waals surface area contributed by atoms with Crippen LogP contribution in [0.3, 0.4) is 0 Å². The van der Waals surface area contributed by atoms with Crippen molar-refractivity contribution in [3.63, 3.8) is 0 Å². The molecular weight excluding hydrogens is 318 g/mol. The second-order valence-electron chi connectivity index (χ2n) is 4.98. The highest BCUT2D eigenvalue weighted by Gasteiger charge is 2.30. The van der Waals surface area contributed by atoms with Crippen molar-refractivity contribution in [2.75, 3.05) is 6.26 Å². The zero-order valence-electron chi connectivity index (χ0n) is 12.4. The number of hydrogen-bond donors (Lipinski definition) is 0. The number of carbonyl (C=O) groups is 2. The Kier molecular flexibility index (Phi) is 4.48. The molecule has 0 bridgehead atoms. The molecule has 0 fully saturated rings. The van der Waals surface area contributed by atoms with Gasteiger partial charge >= 0.3 is 0 Å². The average molecular weight is 331 g/mol. The van der Waals surface area contributed by atoms with Crippen molar-refractivity contribution in [2.45, 2.75) is 11.8 Å². The van der Waals surface area contributed by atoms with Gasteiger partial charge in [-0.2, -0.15) is 5.26 Å². The average Bonchev–Trinajstić information content (AvgIpc) is 2.93. The molecule has 1 aromatic carbocycles. The van der Waals surface area contributed by atoms with E-state index in [0.29, 0.717) is 5.76 Å². The van der Waals surface area contributed by atoms with E-state index in [2.05, 4.69) is 0 Å². The van der Waals surface area contributed by atoms with Crippen molar-refractivity contribution in [3.8, 4) is 6.07 Å². The van der Waals surface area contributed by atoms with E-state index in [4.69, 9.17) is 4.42 Å². The molecule has 1 unspecified atom stereocenters. The Morgan fingerprint density at radius 1 is 1.13 bits per heavy atom. The molecule has 118 valence electrons. The summed E-state index contributed by atoms with van der Waals surface area (Å²) in [6, 6.07) is 8.22. The van der Waals surface area contributed by atoms with Crippen LogP contribution in [-0.2, 0) is 9.84 Å². The van der Waals surface area contributed by atoms with Crippen LogP contribution < -0.4 is 0 Å². The van der Waals surface area contributed by atoms with Gasteiger partial charge in [0, 0.05) is 11.8 Å². The molecule has 0 saturated heterocycles. The van der Waals surface area contributed by atoms with Crippen LogP contribution >= 0.6 is 0 Å². The smallest absolute Gasteiger partial charge is 0.191 e. The number of nitrogens with zero attached hydrogens (tertiary/aromatic N) is 1. The summed E-state index contributed by atoms with van der Waals surface area (Å²) in [5.41, 5.74) is 0.274. The largest absolute Gasteiger partial charge is 0.469 e. The van der Waals surface area contributed by atoms with Gasteiger partial charge in [-0.15, -0.1) is 0 Å². The second kappa shape index (κ2) is 6.18. The number of sulfone groups is 1. The lowest BCUT2D eigenvalue weighted by atomic mass is 9.91. The van der Waals surface area contributed by atoms with E-state index >= 15 is 0 Å². The molecule has 0 aliphatic heterocycles. The first-order valence-corrected chi connectivity index (χ1v) is 8.47. The third kappa shape index (κ3) is 3.38. The predicted molar refractivity (Wildman–Crippen MR) is 80.8 cm³/mol. The predicted octanol–water partition coefficient (Wildman–Crippen LogP) is 2.20. The van der Waals surface area contributed by atoms with Gasteiger partial charge in [-0.3, -0.25) is 9.59 Å². The monoisotopic (exact) mass is 331 g/mol. The number of furan rings is 1. The van der Waals surface area contributed by atoms with Crippen LogP contribution in [0.4, 0.5) is 0 Å². The van der Waals surface area contributed by atoms with Gasteiger partial charge in [0.05, 0.1) is 22.8 Å². The van der Waals surface area contributed by atoms with E-state index in [1.165, 1.54) is 36.6 Å². The molecule has 0 N–H and O–H groups in total. The number of hydrogen-bond acceptors (Lipinski definition) is 6. The highest BCUT2D eigenvalue weighted by molar-refractivity contribution is 7.90. The van der Waals surface area contributed by atoms with Gasteiger partial charge in [0.2, 0.25) is 0 Å².